The van der Waals surface area contributed by atoms with Crippen molar-refractivity contribution in [2.75, 3.05) is 6.54 Å². The number of carbonyl (C=O) groups excluding carboxylic acids is 3. The fraction of sp³-hybridized carbons (Fsp3) is 0.556. The van der Waals surface area contributed by atoms with Crippen LogP contribution in [0.25, 0.3) is 0 Å². The predicted octanol–water partition coefficient (Wildman–Crippen LogP) is 0.399. The highest BCUT2D eigenvalue weighted by atomic mass is 16.2. The minimum Gasteiger partial charge on any atom is -0.356 e. The average molecular weight is 345 g/mol. The molecule has 2 fully saturated rings. The number of rotatable bonds is 8. The van der Waals surface area contributed by atoms with Crippen LogP contribution in [0.4, 0.5) is 0 Å². The summed E-state index contributed by atoms with van der Waals surface area (Å²) in [6, 6.07) is 3.43. The average Bonchev–Trinajstić information content (AvgIpc) is 3.34. The third-order valence-corrected chi connectivity index (χ3v) is 4.94. The molecular formula is C18H23N3O4. The summed E-state index contributed by atoms with van der Waals surface area (Å²) in [5, 5.41) is 5.46. The molecule has 25 heavy (non-hydrogen) atoms. The first kappa shape index (κ1) is 17.4. The van der Waals surface area contributed by atoms with E-state index in [1.807, 2.05) is 0 Å². The Hall–Kier alpha value is -2.44. The first-order chi connectivity index (χ1) is 12.1. The maximum absolute atomic E-state index is 12.8. The minimum atomic E-state index is -0.720. The first-order valence-corrected chi connectivity index (χ1v) is 8.79. The summed E-state index contributed by atoms with van der Waals surface area (Å²) in [6.07, 6.45) is 5.95. The predicted molar refractivity (Wildman–Crippen MR) is 90.8 cm³/mol. The molecule has 2 amide bonds. The van der Waals surface area contributed by atoms with Gasteiger partial charge in [0, 0.05) is 24.7 Å². The molecule has 1 aromatic heterocycles. The van der Waals surface area contributed by atoms with Gasteiger partial charge in [-0.3, -0.25) is 14.4 Å². The van der Waals surface area contributed by atoms with E-state index in [0.29, 0.717) is 38.0 Å². The zero-order valence-electron chi connectivity index (χ0n) is 14.0. The van der Waals surface area contributed by atoms with Gasteiger partial charge in [0.2, 0.25) is 11.8 Å². The Kier molecular flexibility index (Phi) is 5.31. The van der Waals surface area contributed by atoms with E-state index in [1.54, 1.807) is 18.3 Å². The fourth-order valence-electron chi connectivity index (χ4n) is 3.32. The van der Waals surface area contributed by atoms with Gasteiger partial charge in [-0.1, -0.05) is 18.9 Å². The molecule has 1 aromatic rings. The molecule has 134 valence electrons. The van der Waals surface area contributed by atoms with Crippen LogP contribution >= 0.6 is 0 Å². The lowest BCUT2D eigenvalue weighted by molar-refractivity contribution is -0.128. The fourth-order valence-corrected chi connectivity index (χ4v) is 3.32. The number of nitrogens with one attached hydrogen (secondary N) is 2. The van der Waals surface area contributed by atoms with E-state index in [9.17, 15) is 19.2 Å². The van der Waals surface area contributed by atoms with Gasteiger partial charge in [-0.2, -0.15) is 0 Å². The van der Waals surface area contributed by atoms with Gasteiger partial charge < -0.3 is 20.0 Å². The molecule has 2 N–H and O–H groups in total. The third-order valence-electron chi connectivity index (χ3n) is 4.94. The number of aldehydes is 1. The molecule has 0 radical (unpaired) electrons. The highest BCUT2D eigenvalue weighted by Crippen LogP contribution is 2.36. The Balaban J connectivity index is 1.70. The van der Waals surface area contributed by atoms with Crippen LogP contribution in [-0.2, 0) is 14.4 Å². The van der Waals surface area contributed by atoms with Crippen LogP contribution < -0.4 is 16.2 Å². The van der Waals surface area contributed by atoms with E-state index in [-0.39, 0.29) is 23.3 Å². The van der Waals surface area contributed by atoms with Crippen LogP contribution in [0.5, 0.6) is 0 Å². The van der Waals surface area contributed by atoms with E-state index < -0.39 is 12.1 Å². The van der Waals surface area contributed by atoms with Crippen molar-refractivity contribution < 1.29 is 14.4 Å². The lowest BCUT2D eigenvalue weighted by Gasteiger charge is -2.22. The Bertz CT molecular complexity index is 710. The van der Waals surface area contributed by atoms with Crippen LogP contribution in [0.1, 0.15) is 38.1 Å². The largest absolute Gasteiger partial charge is 0.356 e. The van der Waals surface area contributed by atoms with Gasteiger partial charge in [-0.25, -0.2) is 0 Å². The van der Waals surface area contributed by atoms with E-state index in [2.05, 4.69) is 10.6 Å². The van der Waals surface area contributed by atoms with E-state index in [0.717, 1.165) is 12.8 Å². The highest BCUT2D eigenvalue weighted by molar-refractivity contribution is 5.84. The van der Waals surface area contributed by atoms with Gasteiger partial charge >= 0.3 is 0 Å². The van der Waals surface area contributed by atoms with Gasteiger partial charge in [-0.15, -0.1) is 0 Å². The summed E-state index contributed by atoms with van der Waals surface area (Å²) in [5.41, 5.74) is -0.235. The normalized spacial score (nSPS) is 22.1. The zero-order valence-corrected chi connectivity index (χ0v) is 14.0. The second kappa shape index (κ2) is 7.63. The molecule has 0 bridgehead atoms. The Labute approximate surface area is 145 Å². The molecular weight excluding hydrogens is 322 g/mol. The molecule has 1 aliphatic carbocycles. The lowest BCUT2D eigenvalue weighted by Crippen LogP contribution is -2.44. The van der Waals surface area contributed by atoms with E-state index in [1.165, 1.54) is 10.6 Å². The molecule has 1 saturated carbocycles. The molecule has 3 rings (SSSR count). The number of amides is 2. The molecule has 3 atom stereocenters. The number of pyridine rings is 1. The summed E-state index contributed by atoms with van der Waals surface area (Å²) in [5.74, 6) is -0.222. The van der Waals surface area contributed by atoms with E-state index in [4.69, 9.17) is 0 Å². The smallest absolute Gasteiger partial charge is 0.251 e. The van der Waals surface area contributed by atoms with Crippen LogP contribution in [0.3, 0.4) is 0 Å². The summed E-state index contributed by atoms with van der Waals surface area (Å²) in [4.78, 5) is 47.9. The summed E-state index contributed by atoms with van der Waals surface area (Å²) in [7, 11) is 0. The monoisotopic (exact) mass is 345 g/mol. The number of aromatic nitrogens is 1. The van der Waals surface area contributed by atoms with Crippen molar-refractivity contribution in [1.82, 2.24) is 15.2 Å². The van der Waals surface area contributed by atoms with Crippen molar-refractivity contribution in [3.8, 4) is 0 Å². The van der Waals surface area contributed by atoms with Crippen LogP contribution in [0, 0.1) is 11.8 Å². The van der Waals surface area contributed by atoms with Gasteiger partial charge in [0.05, 0.1) is 6.04 Å². The molecule has 2 heterocycles. The third kappa shape index (κ3) is 4.35. The first-order valence-electron chi connectivity index (χ1n) is 8.79. The molecule has 1 saturated heterocycles. The molecule has 1 aliphatic heterocycles. The van der Waals surface area contributed by atoms with Crippen molar-refractivity contribution in [2.24, 2.45) is 11.8 Å². The Morgan fingerprint density at radius 1 is 1.28 bits per heavy atom. The van der Waals surface area contributed by atoms with Crippen molar-refractivity contribution in [3.63, 3.8) is 0 Å². The molecule has 7 heteroatoms. The van der Waals surface area contributed by atoms with Gasteiger partial charge in [0.15, 0.2) is 0 Å². The topological polar surface area (TPSA) is 97.3 Å². The van der Waals surface area contributed by atoms with Crippen molar-refractivity contribution in [2.45, 2.75) is 44.2 Å². The van der Waals surface area contributed by atoms with Crippen molar-refractivity contribution in [1.29, 1.82) is 0 Å². The van der Waals surface area contributed by atoms with Crippen LogP contribution in [0.15, 0.2) is 29.2 Å². The van der Waals surface area contributed by atoms with Gasteiger partial charge in [0.25, 0.3) is 5.56 Å². The maximum Gasteiger partial charge on any atom is 0.251 e. The van der Waals surface area contributed by atoms with Gasteiger partial charge in [-0.05, 0) is 31.2 Å². The van der Waals surface area contributed by atoms with Crippen LogP contribution in [-0.4, -0.2) is 35.3 Å². The summed E-state index contributed by atoms with van der Waals surface area (Å²) >= 11 is 0. The van der Waals surface area contributed by atoms with Crippen molar-refractivity contribution in [3.05, 3.63) is 34.7 Å². The highest BCUT2D eigenvalue weighted by Gasteiger charge is 2.33. The molecule has 0 spiro atoms. The standard InChI is InChI=1S/C18H23N3O4/c22-11-14(10-13-6-7-19-17(13)24)20-18(25)15(9-12-4-5-12)21-8-2-1-3-16(21)23/h1-3,8,11-15H,4-7,9-10H2,(H,19,24)(H,20,25)/t13-,14-,15?/m0/s1. The quantitative estimate of drug-likeness (QED) is 0.667. The second-order valence-corrected chi connectivity index (χ2v) is 6.90. The SMILES string of the molecule is O=C[C@H](C[C@@H]1CCNC1=O)NC(=O)C(CC1CC1)n1ccccc1=O. The van der Waals surface area contributed by atoms with E-state index >= 15 is 0 Å². The number of carbonyl (C=O) groups is 3. The summed E-state index contributed by atoms with van der Waals surface area (Å²) in [6.45, 7) is 0.604. The maximum atomic E-state index is 12.8. The van der Waals surface area contributed by atoms with Crippen molar-refractivity contribution >= 4 is 18.1 Å². The molecule has 2 aliphatic rings. The Morgan fingerprint density at radius 2 is 2.08 bits per heavy atom. The zero-order chi connectivity index (χ0) is 17.8. The number of hydrogen-bond donors (Lipinski definition) is 2. The van der Waals surface area contributed by atoms with Crippen LogP contribution in [0.2, 0.25) is 0 Å². The Morgan fingerprint density at radius 3 is 2.68 bits per heavy atom. The second-order valence-electron chi connectivity index (χ2n) is 6.90. The minimum absolute atomic E-state index is 0.0742. The molecule has 1 unspecified atom stereocenters. The van der Waals surface area contributed by atoms with Gasteiger partial charge in [0.1, 0.15) is 12.3 Å². The molecule has 7 nitrogen and oxygen atoms in total. The molecule has 0 aromatic carbocycles. The number of hydrogen-bond acceptors (Lipinski definition) is 4. The lowest BCUT2D eigenvalue weighted by atomic mass is 9.98. The number of nitrogens with zero attached hydrogens (tertiary/aromatic N) is 1. The summed E-state index contributed by atoms with van der Waals surface area (Å²) < 4.78 is 1.43.